The van der Waals surface area contributed by atoms with E-state index in [-0.39, 0.29) is 31.0 Å². The molecule has 1 heterocycles. The molecule has 0 aliphatic carbocycles. The van der Waals surface area contributed by atoms with Crippen molar-refractivity contribution >= 4 is 17.4 Å². The fourth-order valence-corrected chi connectivity index (χ4v) is 2.73. The standard InChI is InChI=1S/C18H22N2O5/c1-5-8-20-17(22)15(16(18(20)23)19(2)9-10-21)12-6-7-13(24-3)14(11-12)25-4/h5-7,11,21H,1,8-10H2,2-4H3. The number of hydrogen-bond donors (Lipinski definition) is 1. The van der Waals surface area contributed by atoms with Crippen LogP contribution in [0.5, 0.6) is 11.5 Å². The number of aliphatic hydroxyl groups is 1. The van der Waals surface area contributed by atoms with Gasteiger partial charge in [-0.15, -0.1) is 6.58 Å². The van der Waals surface area contributed by atoms with Crippen LogP contribution in [0.3, 0.4) is 0 Å². The van der Waals surface area contributed by atoms with E-state index < -0.39 is 11.8 Å². The molecule has 0 unspecified atom stereocenters. The molecule has 7 nitrogen and oxygen atoms in total. The van der Waals surface area contributed by atoms with E-state index in [4.69, 9.17) is 9.47 Å². The zero-order valence-corrected chi connectivity index (χ0v) is 14.6. The first-order valence-corrected chi connectivity index (χ1v) is 7.75. The number of rotatable bonds is 8. The summed E-state index contributed by atoms with van der Waals surface area (Å²) in [4.78, 5) is 28.2. The van der Waals surface area contributed by atoms with Crippen LogP contribution < -0.4 is 9.47 Å². The van der Waals surface area contributed by atoms with Gasteiger partial charge in [0.2, 0.25) is 0 Å². The van der Waals surface area contributed by atoms with E-state index in [1.807, 2.05) is 0 Å². The molecule has 1 aromatic carbocycles. The van der Waals surface area contributed by atoms with Gasteiger partial charge in [0, 0.05) is 20.1 Å². The van der Waals surface area contributed by atoms with Crippen molar-refractivity contribution in [3.63, 3.8) is 0 Å². The molecule has 1 aliphatic heterocycles. The van der Waals surface area contributed by atoms with Crippen molar-refractivity contribution < 1.29 is 24.2 Å². The topological polar surface area (TPSA) is 79.3 Å². The smallest absolute Gasteiger partial charge is 0.278 e. The van der Waals surface area contributed by atoms with E-state index in [2.05, 4.69) is 6.58 Å². The number of amides is 2. The van der Waals surface area contributed by atoms with Crippen LogP contribution in [-0.2, 0) is 9.59 Å². The minimum absolute atomic E-state index is 0.116. The van der Waals surface area contributed by atoms with Gasteiger partial charge in [0.25, 0.3) is 11.8 Å². The van der Waals surface area contributed by atoms with Crippen molar-refractivity contribution in [3.8, 4) is 11.5 Å². The lowest BCUT2D eigenvalue weighted by Gasteiger charge is -2.20. The summed E-state index contributed by atoms with van der Waals surface area (Å²) in [6, 6.07) is 5.04. The molecule has 0 fully saturated rings. The third-order valence-electron chi connectivity index (χ3n) is 3.94. The maximum Gasteiger partial charge on any atom is 0.278 e. The van der Waals surface area contributed by atoms with Crippen LogP contribution in [0.15, 0.2) is 36.6 Å². The number of ether oxygens (including phenoxy) is 2. The molecule has 0 radical (unpaired) electrons. The van der Waals surface area contributed by atoms with Gasteiger partial charge in [-0.1, -0.05) is 12.1 Å². The van der Waals surface area contributed by atoms with Crippen molar-refractivity contribution in [2.24, 2.45) is 0 Å². The Balaban J connectivity index is 2.60. The Hall–Kier alpha value is -2.80. The molecule has 134 valence electrons. The second-order valence-corrected chi connectivity index (χ2v) is 5.45. The largest absolute Gasteiger partial charge is 0.493 e. The number of carbonyl (C=O) groups is 2. The fraction of sp³-hybridized carbons (Fsp3) is 0.333. The van der Waals surface area contributed by atoms with Crippen LogP contribution in [-0.4, -0.2) is 67.7 Å². The van der Waals surface area contributed by atoms with Gasteiger partial charge in [-0.3, -0.25) is 14.5 Å². The maximum absolute atomic E-state index is 12.8. The molecule has 25 heavy (non-hydrogen) atoms. The molecule has 1 N–H and O–H groups in total. The molecule has 0 saturated carbocycles. The third kappa shape index (κ3) is 3.36. The Morgan fingerprint density at radius 1 is 1.20 bits per heavy atom. The van der Waals surface area contributed by atoms with E-state index in [1.54, 1.807) is 30.1 Å². The second kappa shape index (κ2) is 7.85. The molecule has 0 atom stereocenters. The summed E-state index contributed by atoms with van der Waals surface area (Å²) in [7, 11) is 4.68. The molecule has 1 aliphatic rings. The molecule has 1 aromatic rings. The zero-order chi connectivity index (χ0) is 18.6. The Bertz CT molecular complexity index is 726. The summed E-state index contributed by atoms with van der Waals surface area (Å²) in [5.41, 5.74) is 1.05. The molecule has 0 aromatic heterocycles. The lowest BCUT2D eigenvalue weighted by atomic mass is 10.0. The van der Waals surface area contributed by atoms with Crippen molar-refractivity contribution in [2.75, 3.05) is 41.0 Å². The number of likely N-dealkylation sites (N-methyl/N-ethyl adjacent to an activating group) is 1. The summed E-state index contributed by atoms with van der Waals surface area (Å²) in [6.45, 7) is 3.80. The molecule has 0 saturated heterocycles. The van der Waals surface area contributed by atoms with E-state index in [0.717, 1.165) is 4.90 Å². The third-order valence-corrected chi connectivity index (χ3v) is 3.94. The summed E-state index contributed by atoms with van der Waals surface area (Å²) in [5.74, 6) is 0.165. The van der Waals surface area contributed by atoms with Gasteiger partial charge in [0.05, 0.1) is 26.4 Å². The predicted octanol–water partition coefficient (Wildman–Crippen LogP) is 0.894. The summed E-state index contributed by atoms with van der Waals surface area (Å²) in [5, 5.41) is 9.20. The highest BCUT2D eigenvalue weighted by Gasteiger charge is 2.40. The first-order valence-electron chi connectivity index (χ1n) is 7.75. The minimum Gasteiger partial charge on any atom is -0.493 e. The molecular formula is C18H22N2O5. The number of nitrogens with zero attached hydrogens (tertiary/aromatic N) is 2. The van der Waals surface area contributed by atoms with E-state index in [9.17, 15) is 14.7 Å². The quantitative estimate of drug-likeness (QED) is 0.556. The Labute approximate surface area is 146 Å². The Morgan fingerprint density at radius 2 is 1.88 bits per heavy atom. The van der Waals surface area contributed by atoms with E-state index in [1.165, 1.54) is 20.3 Å². The van der Waals surface area contributed by atoms with Crippen molar-refractivity contribution in [1.82, 2.24) is 9.80 Å². The number of hydrogen-bond acceptors (Lipinski definition) is 6. The fourth-order valence-electron chi connectivity index (χ4n) is 2.73. The first kappa shape index (κ1) is 18.5. The van der Waals surface area contributed by atoms with Crippen LogP contribution in [0.2, 0.25) is 0 Å². The van der Waals surface area contributed by atoms with Gasteiger partial charge in [0.1, 0.15) is 5.70 Å². The number of aliphatic hydroxyl groups excluding tert-OH is 1. The first-order chi connectivity index (χ1) is 12.0. The van der Waals surface area contributed by atoms with Gasteiger partial charge >= 0.3 is 0 Å². The SMILES string of the molecule is C=CCN1C(=O)C(c2ccc(OC)c(OC)c2)=C(N(C)CCO)C1=O. The highest BCUT2D eigenvalue weighted by Crippen LogP contribution is 2.35. The monoisotopic (exact) mass is 346 g/mol. The van der Waals surface area contributed by atoms with Crippen LogP contribution in [0.25, 0.3) is 5.57 Å². The van der Waals surface area contributed by atoms with Gasteiger partial charge in [-0.05, 0) is 17.7 Å². The molecular weight excluding hydrogens is 324 g/mol. The summed E-state index contributed by atoms with van der Waals surface area (Å²) < 4.78 is 10.5. The maximum atomic E-state index is 12.8. The number of methoxy groups -OCH3 is 2. The van der Waals surface area contributed by atoms with Crippen LogP contribution in [0.1, 0.15) is 5.56 Å². The van der Waals surface area contributed by atoms with Gasteiger partial charge in [-0.2, -0.15) is 0 Å². The zero-order valence-electron chi connectivity index (χ0n) is 14.6. The van der Waals surface area contributed by atoms with Gasteiger partial charge in [-0.25, -0.2) is 0 Å². The lowest BCUT2D eigenvalue weighted by molar-refractivity contribution is -0.136. The Morgan fingerprint density at radius 3 is 2.44 bits per heavy atom. The van der Waals surface area contributed by atoms with Gasteiger partial charge < -0.3 is 19.5 Å². The average molecular weight is 346 g/mol. The number of benzene rings is 1. The van der Waals surface area contributed by atoms with Crippen molar-refractivity contribution in [3.05, 3.63) is 42.1 Å². The molecule has 7 heteroatoms. The van der Waals surface area contributed by atoms with Crippen molar-refractivity contribution in [1.29, 1.82) is 0 Å². The molecule has 2 amide bonds. The molecule has 0 spiro atoms. The summed E-state index contributed by atoms with van der Waals surface area (Å²) >= 11 is 0. The lowest BCUT2D eigenvalue weighted by Crippen LogP contribution is -2.34. The van der Waals surface area contributed by atoms with Crippen molar-refractivity contribution in [2.45, 2.75) is 0 Å². The minimum atomic E-state index is -0.411. The van der Waals surface area contributed by atoms with E-state index in [0.29, 0.717) is 17.1 Å². The predicted molar refractivity (Wildman–Crippen MR) is 93.1 cm³/mol. The molecule has 0 bridgehead atoms. The van der Waals surface area contributed by atoms with Crippen LogP contribution >= 0.6 is 0 Å². The normalized spacial score (nSPS) is 14.2. The Kier molecular flexibility index (Phi) is 5.82. The average Bonchev–Trinajstić information content (AvgIpc) is 2.86. The highest BCUT2D eigenvalue weighted by molar-refractivity contribution is 6.35. The van der Waals surface area contributed by atoms with E-state index >= 15 is 0 Å². The second-order valence-electron chi connectivity index (χ2n) is 5.45. The number of carbonyl (C=O) groups excluding carboxylic acids is 2. The number of imide groups is 1. The molecule has 2 rings (SSSR count). The summed E-state index contributed by atoms with van der Waals surface area (Å²) in [6.07, 6.45) is 1.50. The highest BCUT2D eigenvalue weighted by atomic mass is 16.5. The van der Waals surface area contributed by atoms with Gasteiger partial charge in [0.15, 0.2) is 11.5 Å². The van der Waals surface area contributed by atoms with Crippen LogP contribution in [0.4, 0.5) is 0 Å². The van der Waals surface area contributed by atoms with Crippen LogP contribution in [0, 0.1) is 0 Å².